The molecule has 5 rings (SSSR count). The second-order valence-electron chi connectivity index (χ2n) is 8.77. The van der Waals surface area contributed by atoms with Crippen LogP contribution in [0.15, 0.2) is 29.2 Å². The number of hydrogen-bond donors (Lipinski definition) is 1. The van der Waals surface area contributed by atoms with Crippen LogP contribution in [0.25, 0.3) is 0 Å². The average Bonchev–Trinajstić information content (AvgIpc) is 2.61. The van der Waals surface area contributed by atoms with Crippen molar-refractivity contribution >= 4 is 15.9 Å². The number of sulfonamides is 1. The van der Waals surface area contributed by atoms with E-state index in [4.69, 9.17) is 0 Å². The number of rotatable bonds is 6. The van der Waals surface area contributed by atoms with Gasteiger partial charge in [-0.25, -0.2) is 8.42 Å². The Morgan fingerprint density at radius 1 is 1.07 bits per heavy atom. The smallest absolute Gasteiger partial charge is 0.251 e. The highest BCUT2D eigenvalue weighted by atomic mass is 32.2. The normalized spacial score (nSPS) is 32.0. The van der Waals surface area contributed by atoms with Crippen LogP contribution in [-0.4, -0.2) is 37.3 Å². The Hall–Kier alpha value is -1.40. The molecule has 0 heterocycles. The van der Waals surface area contributed by atoms with E-state index >= 15 is 0 Å². The van der Waals surface area contributed by atoms with E-state index < -0.39 is 10.0 Å². The monoisotopic (exact) mass is 390 g/mol. The Labute approximate surface area is 162 Å². The first kappa shape index (κ1) is 18.9. The van der Waals surface area contributed by atoms with Crippen molar-refractivity contribution in [3.63, 3.8) is 0 Å². The van der Waals surface area contributed by atoms with Crippen LogP contribution in [0, 0.1) is 17.8 Å². The first-order valence-corrected chi connectivity index (χ1v) is 11.7. The molecule has 4 saturated carbocycles. The molecule has 5 nitrogen and oxygen atoms in total. The van der Waals surface area contributed by atoms with Gasteiger partial charge in [0.15, 0.2) is 0 Å². The summed E-state index contributed by atoms with van der Waals surface area (Å²) in [6, 6.07) is 6.50. The van der Waals surface area contributed by atoms with Gasteiger partial charge in [0.05, 0.1) is 4.90 Å². The first-order valence-electron chi connectivity index (χ1n) is 10.3. The fraction of sp³-hybridized carbons (Fsp3) is 0.667. The van der Waals surface area contributed by atoms with Crippen molar-refractivity contribution < 1.29 is 13.2 Å². The van der Waals surface area contributed by atoms with E-state index in [1.54, 1.807) is 18.2 Å². The first-order chi connectivity index (χ1) is 12.8. The van der Waals surface area contributed by atoms with Crippen molar-refractivity contribution in [2.75, 3.05) is 13.1 Å². The molecule has 0 saturated heterocycles. The van der Waals surface area contributed by atoms with E-state index in [1.807, 2.05) is 13.8 Å². The van der Waals surface area contributed by atoms with Gasteiger partial charge in [-0.3, -0.25) is 4.79 Å². The van der Waals surface area contributed by atoms with Gasteiger partial charge in [0.2, 0.25) is 10.0 Å². The molecule has 0 radical (unpaired) electrons. The molecule has 0 unspecified atom stereocenters. The molecule has 0 aliphatic heterocycles. The summed E-state index contributed by atoms with van der Waals surface area (Å²) < 4.78 is 27.0. The lowest BCUT2D eigenvalue weighted by molar-refractivity contribution is -0.0167. The minimum Gasteiger partial charge on any atom is -0.347 e. The second-order valence-corrected chi connectivity index (χ2v) is 10.7. The molecule has 148 valence electrons. The SMILES string of the molecule is CCN(CC)S(=O)(=O)c1cccc(C(=O)NC23CC4CC(CC(C4)C2)C3)c1. The maximum atomic E-state index is 13.0. The lowest BCUT2D eigenvalue weighted by atomic mass is 9.53. The van der Waals surface area contributed by atoms with Gasteiger partial charge in [-0.15, -0.1) is 0 Å². The summed E-state index contributed by atoms with van der Waals surface area (Å²) in [6.45, 7) is 4.49. The number of nitrogens with zero attached hydrogens (tertiary/aromatic N) is 1. The molecule has 27 heavy (non-hydrogen) atoms. The number of nitrogens with one attached hydrogen (secondary N) is 1. The van der Waals surface area contributed by atoms with Crippen molar-refractivity contribution in [1.82, 2.24) is 9.62 Å². The number of amides is 1. The van der Waals surface area contributed by atoms with Gasteiger partial charge in [-0.1, -0.05) is 19.9 Å². The van der Waals surface area contributed by atoms with Crippen LogP contribution in [0.2, 0.25) is 0 Å². The molecule has 4 bridgehead atoms. The Morgan fingerprint density at radius 2 is 1.63 bits per heavy atom. The van der Waals surface area contributed by atoms with Crippen LogP contribution in [-0.2, 0) is 10.0 Å². The summed E-state index contributed by atoms with van der Waals surface area (Å²) in [4.78, 5) is 13.2. The van der Waals surface area contributed by atoms with Crippen molar-refractivity contribution in [2.45, 2.75) is 62.8 Å². The molecule has 1 aromatic rings. The highest BCUT2D eigenvalue weighted by molar-refractivity contribution is 7.89. The van der Waals surface area contributed by atoms with Crippen molar-refractivity contribution in [2.24, 2.45) is 17.8 Å². The third kappa shape index (κ3) is 3.42. The molecular formula is C21H30N2O3S. The van der Waals surface area contributed by atoms with Gasteiger partial charge in [-0.05, 0) is 74.5 Å². The minimum absolute atomic E-state index is 0.0699. The van der Waals surface area contributed by atoms with Crippen LogP contribution >= 0.6 is 0 Å². The van der Waals surface area contributed by atoms with E-state index in [2.05, 4.69) is 5.32 Å². The second kappa shape index (κ2) is 6.89. The predicted octanol–water partition coefficient (Wildman–Crippen LogP) is 3.42. The molecule has 0 aromatic heterocycles. The molecular weight excluding hydrogens is 360 g/mol. The molecule has 4 fully saturated rings. The minimum atomic E-state index is -3.56. The lowest BCUT2D eigenvalue weighted by Crippen LogP contribution is -2.59. The van der Waals surface area contributed by atoms with Crippen LogP contribution < -0.4 is 5.32 Å². The predicted molar refractivity (Wildman–Crippen MR) is 105 cm³/mol. The maximum absolute atomic E-state index is 13.0. The van der Waals surface area contributed by atoms with Gasteiger partial charge in [0.25, 0.3) is 5.91 Å². The molecule has 1 N–H and O–H groups in total. The standard InChI is InChI=1S/C21H30N2O3S/c1-3-23(4-2)27(25,26)19-7-5-6-18(11-19)20(24)22-21-12-15-8-16(13-21)10-17(9-15)14-21/h5-7,11,15-17H,3-4,8-10,12-14H2,1-2H3,(H,22,24). The zero-order valence-electron chi connectivity index (χ0n) is 16.3. The summed E-state index contributed by atoms with van der Waals surface area (Å²) in [6.07, 6.45) is 7.23. The molecule has 4 aliphatic rings. The average molecular weight is 391 g/mol. The summed E-state index contributed by atoms with van der Waals surface area (Å²) in [7, 11) is -3.56. The number of hydrogen-bond acceptors (Lipinski definition) is 3. The number of carbonyl (C=O) groups is 1. The van der Waals surface area contributed by atoms with Crippen LogP contribution in [0.1, 0.15) is 62.7 Å². The van der Waals surface area contributed by atoms with Gasteiger partial charge < -0.3 is 5.32 Å². The van der Waals surface area contributed by atoms with Gasteiger partial charge in [-0.2, -0.15) is 4.31 Å². The Bertz CT molecular complexity index is 794. The van der Waals surface area contributed by atoms with Crippen molar-refractivity contribution in [3.05, 3.63) is 29.8 Å². The van der Waals surface area contributed by atoms with E-state index in [9.17, 15) is 13.2 Å². The lowest BCUT2D eigenvalue weighted by Gasteiger charge is -2.56. The van der Waals surface area contributed by atoms with Gasteiger partial charge >= 0.3 is 0 Å². The fourth-order valence-corrected chi connectivity index (χ4v) is 7.59. The van der Waals surface area contributed by atoms with Gasteiger partial charge in [0, 0.05) is 24.2 Å². The van der Waals surface area contributed by atoms with E-state index in [-0.39, 0.29) is 16.3 Å². The van der Waals surface area contributed by atoms with E-state index in [1.165, 1.54) is 29.6 Å². The quantitative estimate of drug-likeness (QED) is 0.809. The molecule has 1 aromatic carbocycles. The molecule has 0 atom stereocenters. The fourth-order valence-electron chi connectivity index (χ4n) is 6.09. The highest BCUT2D eigenvalue weighted by Crippen LogP contribution is 2.55. The summed E-state index contributed by atoms with van der Waals surface area (Å²) in [5.41, 5.74) is 0.374. The van der Waals surface area contributed by atoms with E-state index in [0.717, 1.165) is 37.0 Å². The molecule has 6 heteroatoms. The third-order valence-electron chi connectivity index (χ3n) is 6.86. The maximum Gasteiger partial charge on any atom is 0.251 e. The molecule has 1 amide bonds. The number of carbonyl (C=O) groups excluding carboxylic acids is 1. The van der Waals surface area contributed by atoms with Crippen LogP contribution in [0.5, 0.6) is 0 Å². The van der Waals surface area contributed by atoms with Gasteiger partial charge in [0.1, 0.15) is 0 Å². The number of benzene rings is 1. The van der Waals surface area contributed by atoms with Crippen LogP contribution in [0.4, 0.5) is 0 Å². The Kier molecular flexibility index (Phi) is 4.83. The van der Waals surface area contributed by atoms with Crippen LogP contribution in [0.3, 0.4) is 0 Å². The highest BCUT2D eigenvalue weighted by Gasteiger charge is 2.51. The summed E-state index contributed by atoms with van der Waals surface area (Å²) >= 11 is 0. The zero-order chi connectivity index (χ0) is 19.2. The molecule has 4 aliphatic carbocycles. The Morgan fingerprint density at radius 3 is 2.15 bits per heavy atom. The zero-order valence-corrected chi connectivity index (χ0v) is 17.1. The van der Waals surface area contributed by atoms with Crippen molar-refractivity contribution in [1.29, 1.82) is 0 Å². The third-order valence-corrected chi connectivity index (χ3v) is 8.90. The summed E-state index contributed by atoms with van der Waals surface area (Å²) in [5.74, 6) is 2.14. The van der Waals surface area contributed by atoms with E-state index in [0.29, 0.717) is 18.7 Å². The summed E-state index contributed by atoms with van der Waals surface area (Å²) in [5, 5.41) is 3.33. The largest absolute Gasteiger partial charge is 0.347 e. The molecule has 0 spiro atoms. The van der Waals surface area contributed by atoms with Crippen molar-refractivity contribution in [3.8, 4) is 0 Å². The Balaban J connectivity index is 1.55. The topological polar surface area (TPSA) is 66.5 Å².